The zero-order chi connectivity index (χ0) is 16.7. The lowest BCUT2D eigenvalue weighted by Gasteiger charge is -2.24. The number of benzene rings is 2. The third-order valence-corrected chi connectivity index (χ3v) is 4.17. The highest BCUT2D eigenvalue weighted by atomic mass is 19.1. The fourth-order valence-corrected chi connectivity index (χ4v) is 3.03. The summed E-state index contributed by atoms with van der Waals surface area (Å²) in [6, 6.07) is 12.2. The van der Waals surface area contributed by atoms with Crippen LogP contribution in [-0.4, -0.2) is 15.7 Å². The van der Waals surface area contributed by atoms with E-state index in [2.05, 4.69) is 10.4 Å². The molecular weight excluding hydrogens is 312 g/mol. The Bertz CT molecular complexity index is 918. The summed E-state index contributed by atoms with van der Waals surface area (Å²) in [4.78, 5) is 12.1. The first-order chi connectivity index (χ1) is 11.6. The van der Waals surface area contributed by atoms with Crippen LogP contribution in [0.1, 0.15) is 23.5 Å². The normalized spacial score (nSPS) is 16.6. The van der Waals surface area contributed by atoms with Gasteiger partial charge in [-0.2, -0.15) is 5.10 Å². The Morgan fingerprint density at radius 3 is 2.54 bits per heavy atom. The van der Waals surface area contributed by atoms with Gasteiger partial charge in [-0.3, -0.25) is 4.79 Å². The van der Waals surface area contributed by atoms with Crippen molar-refractivity contribution in [1.82, 2.24) is 9.78 Å². The molecule has 6 heteroatoms. The maximum Gasteiger partial charge on any atom is 0.226 e. The number of nitrogens with one attached hydrogen (secondary N) is 1. The molecule has 1 amide bonds. The Hall–Kier alpha value is -3.02. The Labute approximate surface area is 136 Å². The molecule has 0 fully saturated rings. The lowest BCUT2D eigenvalue weighted by atomic mass is 9.87. The van der Waals surface area contributed by atoms with Gasteiger partial charge in [0.25, 0.3) is 0 Å². The topological polar surface area (TPSA) is 46.9 Å². The second-order valence-corrected chi connectivity index (χ2v) is 5.66. The van der Waals surface area contributed by atoms with Crippen LogP contribution in [0.25, 0.3) is 5.69 Å². The van der Waals surface area contributed by atoms with E-state index in [1.165, 1.54) is 22.9 Å². The van der Waals surface area contributed by atoms with Crippen LogP contribution >= 0.6 is 0 Å². The molecule has 2 aromatic carbocycles. The van der Waals surface area contributed by atoms with Crippen LogP contribution < -0.4 is 5.32 Å². The standard InChI is InChI=1S/C18H13F2N3O/c19-11-5-7-12(8-6-11)23-18-15(10-21-23)14(9-17(24)22-18)13-3-1-2-4-16(13)20/h1-8,10,14H,9H2,(H,22,24)/t14-/m1/s1. The van der Waals surface area contributed by atoms with Crippen LogP contribution in [0.15, 0.2) is 54.7 Å². The predicted molar refractivity (Wildman–Crippen MR) is 85.0 cm³/mol. The van der Waals surface area contributed by atoms with E-state index in [0.717, 1.165) is 5.56 Å². The minimum atomic E-state index is -0.399. The van der Waals surface area contributed by atoms with Crippen LogP contribution in [-0.2, 0) is 4.79 Å². The van der Waals surface area contributed by atoms with E-state index in [1.54, 1.807) is 36.5 Å². The van der Waals surface area contributed by atoms with E-state index < -0.39 is 5.92 Å². The van der Waals surface area contributed by atoms with Crippen molar-refractivity contribution in [3.05, 3.63) is 77.5 Å². The van der Waals surface area contributed by atoms with E-state index in [4.69, 9.17) is 0 Å². The van der Waals surface area contributed by atoms with E-state index in [0.29, 0.717) is 17.1 Å². The van der Waals surface area contributed by atoms with Crippen LogP contribution in [0.2, 0.25) is 0 Å². The van der Waals surface area contributed by atoms with Crippen molar-refractivity contribution in [3.63, 3.8) is 0 Å². The number of carbonyl (C=O) groups excluding carboxylic acids is 1. The van der Waals surface area contributed by atoms with Crippen molar-refractivity contribution in [3.8, 4) is 5.69 Å². The molecule has 3 aromatic rings. The fraction of sp³-hybridized carbons (Fsp3) is 0.111. The monoisotopic (exact) mass is 325 g/mol. The van der Waals surface area contributed by atoms with E-state index in [1.807, 2.05) is 0 Å². The Morgan fingerprint density at radius 1 is 1.04 bits per heavy atom. The highest BCUT2D eigenvalue weighted by Gasteiger charge is 2.31. The van der Waals surface area contributed by atoms with E-state index in [9.17, 15) is 13.6 Å². The number of nitrogens with zero attached hydrogens (tertiary/aromatic N) is 2. The zero-order valence-electron chi connectivity index (χ0n) is 12.5. The Kier molecular flexibility index (Phi) is 3.37. The Morgan fingerprint density at radius 2 is 1.79 bits per heavy atom. The van der Waals surface area contributed by atoms with Crippen molar-refractivity contribution in [2.24, 2.45) is 0 Å². The van der Waals surface area contributed by atoms with Crippen LogP contribution in [0, 0.1) is 11.6 Å². The van der Waals surface area contributed by atoms with Gasteiger partial charge >= 0.3 is 0 Å². The summed E-state index contributed by atoms with van der Waals surface area (Å²) in [6.07, 6.45) is 1.78. The molecule has 0 aliphatic carbocycles. The summed E-state index contributed by atoms with van der Waals surface area (Å²) < 4.78 is 28.8. The highest BCUT2D eigenvalue weighted by molar-refractivity contribution is 5.94. The van der Waals surface area contributed by atoms with Gasteiger partial charge in [0.2, 0.25) is 5.91 Å². The molecule has 1 aliphatic rings. The molecule has 0 bridgehead atoms. The largest absolute Gasteiger partial charge is 0.310 e. The third-order valence-electron chi connectivity index (χ3n) is 4.17. The minimum Gasteiger partial charge on any atom is -0.310 e. The molecule has 1 aromatic heterocycles. The molecule has 0 unspecified atom stereocenters. The summed E-state index contributed by atoms with van der Waals surface area (Å²) in [5, 5.41) is 7.08. The number of hydrogen-bond acceptors (Lipinski definition) is 2. The number of carbonyl (C=O) groups is 1. The first kappa shape index (κ1) is 14.6. The lowest BCUT2D eigenvalue weighted by Crippen LogP contribution is -2.25. The first-order valence-corrected chi connectivity index (χ1v) is 7.51. The minimum absolute atomic E-state index is 0.156. The summed E-state index contributed by atoms with van der Waals surface area (Å²) in [5.74, 6) is -0.819. The van der Waals surface area contributed by atoms with Crippen LogP contribution in [0.5, 0.6) is 0 Å². The van der Waals surface area contributed by atoms with Gasteiger partial charge in [-0.1, -0.05) is 18.2 Å². The smallest absolute Gasteiger partial charge is 0.226 e. The molecule has 4 rings (SSSR count). The molecule has 0 spiro atoms. The van der Waals surface area contributed by atoms with Crippen molar-refractivity contribution >= 4 is 11.7 Å². The number of anilines is 1. The zero-order valence-corrected chi connectivity index (χ0v) is 12.5. The van der Waals surface area contributed by atoms with Gasteiger partial charge in [0.15, 0.2) is 0 Å². The van der Waals surface area contributed by atoms with Crippen molar-refractivity contribution in [2.45, 2.75) is 12.3 Å². The molecule has 1 aliphatic heterocycles. The van der Waals surface area contributed by atoms with Gasteiger partial charge in [-0.05, 0) is 35.9 Å². The fourth-order valence-electron chi connectivity index (χ4n) is 3.03. The number of rotatable bonds is 2. The number of amides is 1. The van der Waals surface area contributed by atoms with Crippen LogP contribution in [0.4, 0.5) is 14.6 Å². The SMILES string of the molecule is O=C1C[C@H](c2ccccc2F)c2cnn(-c3ccc(F)cc3)c2N1. The molecule has 0 saturated carbocycles. The molecule has 0 radical (unpaired) electrons. The molecule has 120 valence electrons. The molecule has 1 atom stereocenters. The number of halogens is 2. The lowest BCUT2D eigenvalue weighted by molar-refractivity contribution is -0.116. The number of aromatic nitrogens is 2. The average molecular weight is 325 g/mol. The number of hydrogen-bond donors (Lipinski definition) is 1. The summed E-state index contributed by atoms with van der Waals surface area (Å²) in [7, 11) is 0. The van der Waals surface area contributed by atoms with Gasteiger partial charge in [-0.15, -0.1) is 0 Å². The van der Waals surface area contributed by atoms with Gasteiger partial charge < -0.3 is 5.32 Å². The van der Waals surface area contributed by atoms with Crippen molar-refractivity contribution in [1.29, 1.82) is 0 Å². The third kappa shape index (κ3) is 2.36. The van der Waals surface area contributed by atoms with Crippen molar-refractivity contribution in [2.75, 3.05) is 5.32 Å². The van der Waals surface area contributed by atoms with Gasteiger partial charge in [0.1, 0.15) is 17.5 Å². The van der Waals surface area contributed by atoms with Gasteiger partial charge in [0, 0.05) is 17.9 Å². The Balaban J connectivity index is 1.83. The molecule has 1 N–H and O–H groups in total. The average Bonchev–Trinajstić information content (AvgIpc) is 2.99. The first-order valence-electron chi connectivity index (χ1n) is 7.51. The van der Waals surface area contributed by atoms with E-state index >= 15 is 0 Å². The highest BCUT2D eigenvalue weighted by Crippen LogP contribution is 2.38. The molecular formula is C18H13F2N3O. The molecule has 0 saturated heterocycles. The number of fused-ring (bicyclic) bond motifs is 1. The van der Waals surface area contributed by atoms with Crippen LogP contribution in [0.3, 0.4) is 0 Å². The summed E-state index contributed by atoms with van der Waals surface area (Å²) in [6.45, 7) is 0. The van der Waals surface area contributed by atoms with Crippen molar-refractivity contribution < 1.29 is 13.6 Å². The van der Waals surface area contributed by atoms with E-state index in [-0.39, 0.29) is 24.0 Å². The summed E-state index contributed by atoms with van der Waals surface area (Å²) in [5.41, 5.74) is 1.82. The van der Waals surface area contributed by atoms with Gasteiger partial charge in [-0.25, -0.2) is 13.5 Å². The maximum absolute atomic E-state index is 14.2. The molecule has 24 heavy (non-hydrogen) atoms. The second kappa shape index (κ2) is 5.56. The molecule has 2 heterocycles. The molecule has 4 nitrogen and oxygen atoms in total. The summed E-state index contributed by atoms with van der Waals surface area (Å²) >= 11 is 0. The second-order valence-electron chi connectivity index (χ2n) is 5.66. The quantitative estimate of drug-likeness (QED) is 0.782. The van der Waals surface area contributed by atoms with Gasteiger partial charge in [0.05, 0.1) is 11.9 Å². The maximum atomic E-state index is 14.2. The predicted octanol–water partition coefficient (Wildman–Crippen LogP) is 3.62.